The van der Waals surface area contributed by atoms with E-state index in [4.69, 9.17) is 9.72 Å². The smallest absolute Gasteiger partial charge is 0.191 e. The van der Waals surface area contributed by atoms with Crippen molar-refractivity contribution >= 4 is 17.4 Å². The molecule has 1 aromatic carbocycles. The number of benzene rings is 1. The number of aryl methyl sites for hydroxylation is 1. The van der Waals surface area contributed by atoms with E-state index in [1.54, 1.807) is 23.9 Å². The molecule has 4 aromatic rings. The van der Waals surface area contributed by atoms with E-state index in [0.29, 0.717) is 12.3 Å². The third-order valence-corrected chi connectivity index (χ3v) is 6.23. The Balaban J connectivity index is 1.41. The molecule has 1 aliphatic rings. The summed E-state index contributed by atoms with van der Waals surface area (Å²) in [6, 6.07) is 10.5. The van der Waals surface area contributed by atoms with Crippen molar-refractivity contribution in [3.63, 3.8) is 0 Å². The molecular weight excluding hydrogens is 401 g/mol. The highest BCUT2D eigenvalue weighted by Gasteiger charge is 2.22. The van der Waals surface area contributed by atoms with Gasteiger partial charge in [0.05, 0.1) is 18.3 Å². The highest BCUT2D eigenvalue weighted by molar-refractivity contribution is 7.98. The van der Waals surface area contributed by atoms with E-state index in [9.17, 15) is 4.39 Å². The fourth-order valence-corrected chi connectivity index (χ4v) is 4.56. The summed E-state index contributed by atoms with van der Waals surface area (Å²) in [5.41, 5.74) is 3.96. The maximum Gasteiger partial charge on any atom is 0.191 e. The Labute approximate surface area is 178 Å². The molecule has 154 valence electrons. The number of aromatic nitrogens is 5. The summed E-state index contributed by atoms with van der Waals surface area (Å²) in [4.78, 5) is 4.69. The molecule has 0 amide bonds. The molecule has 0 spiro atoms. The van der Waals surface area contributed by atoms with Crippen molar-refractivity contribution in [3.05, 3.63) is 65.9 Å². The number of pyridine rings is 1. The molecular formula is C22H22FN5OS. The Morgan fingerprint density at radius 2 is 2.00 bits per heavy atom. The first-order chi connectivity index (χ1) is 14.7. The van der Waals surface area contributed by atoms with Crippen LogP contribution in [0, 0.1) is 12.7 Å². The van der Waals surface area contributed by atoms with E-state index >= 15 is 0 Å². The standard InChI is InChI=1S/C22H22FN5OS/c1-15-4-9-20-24-18(12-27(20)11-15)14-30-22-26-25-21(16-5-7-17(23)8-6-16)28(22)13-19-3-2-10-29-19/h4-9,11-12,19H,2-3,10,13-14H2,1H3/t19-/m1/s1. The summed E-state index contributed by atoms with van der Waals surface area (Å²) in [6.07, 6.45) is 6.37. The predicted octanol–water partition coefficient (Wildman–Crippen LogP) is 4.51. The molecule has 3 aromatic heterocycles. The Morgan fingerprint density at radius 3 is 2.80 bits per heavy atom. The van der Waals surface area contributed by atoms with Crippen molar-refractivity contribution in [2.75, 3.05) is 6.61 Å². The van der Waals surface area contributed by atoms with Crippen LogP contribution in [0.15, 0.2) is 53.9 Å². The summed E-state index contributed by atoms with van der Waals surface area (Å²) in [7, 11) is 0. The van der Waals surface area contributed by atoms with Gasteiger partial charge in [0.2, 0.25) is 0 Å². The van der Waals surface area contributed by atoms with Gasteiger partial charge in [0.25, 0.3) is 0 Å². The number of imidazole rings is 1. The van der Waals surface area contributed by atoms with E-state index in [-0.39, 0.29) is 11.9 Å². The first kappa shape index (κ1) is 19.3. The molecule has 0 N–H and O–H groups in total. The largest absolute Gasteiger partial charge is 0.376 e. The zero-order valence-corrected chi connectivity index (χ0v) is 17.5. The molecule has 0 radical (unpaired) electrons. The molecule has 1 saturated heterocycles. The van der Waals surface area contributed by atoms with E-state index in [1.807, 2.05) is 10.5 Å². The summed E-state index contributed by atoms with van der Waals surface area (Å²) in [5.74, 6) is 1.16. The Bertz CT molecular complexity index is 1160. The second-order valence-corrected chi connectivity index (χ2v) is 8.49. The van der Waals surface area contributed by atoms with Gasteiger partial charge < -0.3 is 9.14 Å². The molecule has 6 nitrogen and oxygen atoms in total. The molecule has 30 heavy (non-hydrogen) atoms. The van der Waals surface area contributed by atoms with Crippen molar-refractivity contribution in [2.45, 2.75) is 43.3 Å². The molecule has 1 fully saturated rings. The number of fused-ring (bicyclic) bond motifs is 1. The van der Waals surface area contributed by atoms with Crippen LogP contribution < -0.4 is 0 Å². The predicted molar refractivity (Wildman–Crippen MR) is 114 cm³/mol. The average molecular weight is 424 g/mol. The fraction of sp³-hybridized carbons (Fsp3) is 0.318. The number of hydrogen-bond donors (Lipinski definition) is 0. The van der Waals surface area contributed by atoms with Gasteiger partial charge in [0, 0.05) is 30.3 Å². The van der Waals surface area contributed by atoms with Crippen molar-refractivity contribution < 1.29 is 9.13 Å². The van der Waals surface area contributed by atoms with Crippen LogP contribution in [0.4, 0.5) is 4.39 Å². The average Bonchev–Trinajstić information content (AvgIpc) is 3.47. The zero-order valence-electron chi connectivity index (χ0n) is 16.7. The monoisotopic (exact) mass is 423 g/mol. The SMILES string of the molecule is Cc1ccc2nc(CSc3nnc(-c4ccc(F)cc4)n3C[C@H]3CCCO3)cn2c1. The normalized spacial score (nSPS) is 16.5. The second kappa shape index (κ2) is 8.20. The van der Waals surface area contributed by atoms with E-state index in [1.165, 1.54) is 17.7 Å². The quantitative estimate of drug-likeness (QED) is 0.427. The number of rotatable bonds is 6. The Morgan fingerprint density at radius 1 is 1.13 bits per heavy atom. The van der Waals surface area contributed by atoms with Crippen LogP contribution in [-0.2, 0) is 17.0 Å². The van der Waals surface area contributed by atoms with Crippen LogP contribution in [0.5, 0.6) is 0 Å². The molecule has 4 heterocycles. The van der Waals surface area contributed by atoms with E-state index in [0.717, 1.165) is 47.3 Å². The molecule has 0 aliphatic carbocycles. The van der Waals surface area contributed by atoms with Gasteiger partial charge in [-0.25, -0.2) is 9.37 Å². The van der Waals surface area contributed by atoms with Crippen molar-refractivity contribution in [1.82, 2.24) is 24.1 Å². The number of ether oxygens (including phenoxy) is 1. The first-order valence-corrected chi connectivity index (χ1v) is 11.0. The second-order valence-electron chi connectivity index (χ2n) is 7.55. The Hall–Kier alpha value is -2.71. The van der Waals surface area contributed by atoms with Crippen LogP contribution in [0.25, 0.3) is 17.0 Å². The van der Waals surface area contributed by atoms with Crippen molar-refractivity contribution in [2.24, 2.45) is 0 Å². The highest BCUT2D eigenvalue weighted by atomic mass is 32.2. The highest BCUT2D eigenvalue weighted by Crippen LogP contribution is 2.28. The molecule has 0 bridgehead atoms. The lowest BCUT2D eigenvalue weighted by atomic mass is 10.2. The molecule has 0 unspecified atom stereocenters. The van der Waals surface area contributed by atoms with Gasteiger partial charge in [-0.2, -0.15) is 0 Å². The first-order valence-electron chi connectivity index (χ1n) is 10.0. The van der Waals surface area contributed by atoms with Crippen molar-refractivity contribution in [3.8, 4) is 11.4 Å². The lowest BCUT2D eigenvalue weighted by molar-refractivity contribution is 0.0953. The maximum atomic E-state index is 13.4. The van der Waals surface area contributed by atoms with Crippen LogP contribution in [-0.4, -0.2) is 36.9 Å². The van der Waals surface area contributed by atoms with Gasteiger partial charge in [0.15, 0.2) is 11.0 Å². The minimum Gasteiger partial charge on any atom is -0.376 e. The van der Waals surface area contributed by atoms with E-state index < -0.39 is 0 Å². The fourth-order valence-electron chi connectivity index (χ4n) is 3.73. The number of hydrogen-bond acceptors (Lipinski definition) is 5. The van der Waals surface area contributed by atoms with Crippen LogP contribution in [0.3, 0.4) is 0 Å². The summed E-state index contributed by atoms with van der Waals surface area (Å²) >= 11 is 1.61. The molecule has 1 atom stereocenters. The third kappa shape index (κ3) is 3.97. The maximum absolute atomic E-state index is 13.4. The van der Waals surface area contributed by atoms with Gasteiger partial charge in [-0.1, -0.05) is 17.8 Å². The molecule has 5 rings (SSSR count). The minimum atomic E-state index is -0.263. The summed E-state index contributed by atoms with van der Waals surface area (Å²) < 4.78 is 23.4. The number of halogens is 1. The Kier molecular flexibility index (Phi) is 5.26. The van der Waals surface area contributed by atoms with Gasteiger partial charge in [0.1, 0.15) is 11.5 Å². The minimum absolute atomic E-state index is 0.151. The van der Waals surface area contributed by atoms with Crippen molar-refractivity contribution in [1.29, 1.82) is 0 Å². The third-order valence-electron chi connectivity index (χ3n) is 5.23. The van der Waals surface area contributed by atoms with Gasteiger partial charge >= 0.3 is 0 Å². The lowest BCUT2D eigenvalue weighted by Crippen LogP contribution is -2.16. The topological polar surface area (TPSA) is 57.2 Å². The van der Waals surface area contributed by atoms with Gasteiger partial charge in [-0.05, 0) is 55.7 Å². The number of nitrogens with zero attached hydrogens (tertiary/aromatic N) is 5. The van der Waals surface area contributed by atoms with Crippen LogP contribution in [0.1, 0.15) is 24.1 Å². The van der Waals surface area contributed by atoms with E-state index in [2.05, 4.69) is 40.1 Å². The zero-order chi connectivity index (χ0) is 20.5. The molecule has 8 heteroatoms. The van der Waals surface area contributed by atoms with Gasteiger partial charge in [-0.15, -0.1) is 10.2 Å². The van der Waals surface area contributed by atoms with Crippen LogP contribution in [0.2, 0.25) is 0 Å². The molecule has 1 aliphatic heterocycles. The molecule has 0 saturated carbocycles. The summed E-state index contributed by atoms with van der Waals surface area (Å²) in [6.45, 7) is 3.55. The number of thioether (sulfide) groups is 1. The van der Waals surface area contributed by atoms with Gasteiger partial charge in [-0.3, -0.25) is 4.57 Å². The van der Waals surface area contributed by atoms with Crippen LogP contribution >= 0.6 is 11.8 Å². The lowest BCUT2D eigenvalue weighted by Gasteiger charge is -2.14. The summed E-state index contributed by atoms with van der Waals surface area (Å²) in [5, 5.41) is 9.66.